The number of carbonyl (C=O) groups excluding carboxylic acids is 3. The Morgan fingerprint density at radius 3 is 2.41 bits per heavy atom. The topological polar surface area (TPSA) is 63.7 Å². The van der Waals surface area contributed by atoms with Crippen LogP contribution >= 0.6 is 0 Å². The molecular formula is C17H27NO4. The molecule has 5 nitrogen and oxygen atoms in total. The van der Waals surface area contributed by atoms with E-state index in [-0.39, 0.29) is 42.1 Å². The van der Waals surface area contributed by atoms with Crippen LogP contribution in [0.4, 0.5) is 4.79 Å². The molecule has 0 bridgehead atoms. The molecule has 5 heteroatoms. The molecule has 2 amide bonds. The van der Waals surface area contributed by atoms with Gasteiger partial charge in [0.15, 0.2) is 0 Å². The minimum atomic E-state index is -0.600. The number of carbonyl (C=O) groups is 3. The maximum atomic E-state index is 12.5. The molecule has 0 spiro atoms. The number of cyclic esters (lactones) is 1. The number of allylic oxidation sites excluding steroid dienone is 1. The number of nitrogens with zero attached hydrogens (tertiary/aromatic N) is 1. The number of Topliss-reactive ketones (excluding diaryl/α,β-unsaturated/α-hetero) is 1. The second-order valence-corrected chi connectivity index (χ2v) is 6.41. The average Bonchev–Trinajstić information content (AvgIpc) is 2.86. The van der Waals surface area contributed by atoms with Crippen LogP contribution in [0.1, 0.15) is 48.0 Å². The van der Waals surface area contributed by atoms with Crippen molar-refractivity contribution in [2.75, 3.05) is 6.61 Å². The van der Waals surface area contributed by atoms with Gasteiger partial charge in [0.2, 0.25) is 0 Å². The molecule has 1 fully saturated rings. The van der Waals surface area contributed by atoms with Gasteiger partial charge in [-0.15, -0.1) is 0 Å². The first kappa shape index (κ1) is 18.4. The Balaban J connectivity index is 2.89. The van der Waals surface area contributed by atoms with E-state index < -0.39 is 6.09 Å². The molecule has 3 atom stereocenters. The van der Waals surface area contributed by atoms with Crippen molar-refractivity contribution in [3.8, 4) is 0 Å². The first-order valence-corrected chi connectivity index (χ1v) is 7.93. The van der Waals surface area contributed by atoms with Crippen LogP contribution in [0.3, 0.4) is 0 Å². The van der Waals surface area contributed by atoms with Gasteiger partial charge in [-0.2, -0.15) is 0 Å². The summed E-state index contributed by atoms with van der Waals surface area (Å²) in [6.45, 7) is 11.4. The molecule has 0 aromatic rings. The highest BCUT2D eigenvalue weighted by Crippen LogP contribution is 2.22. The number of hydrogen-bond acceptors (Lipinski definition) is 4. The van der Waals surface area contributed by atoms with Gasteiger partial charge in [0, 0.05) is 17.4 Å². The molecule has 1 heterocycles. The molecule has 1 aliphatic rings. The zero-order valence-corrected chi connectivity index (χ0v) is 14.4. The van der Waals surface area contributed by atoms with Crippen LogP contribution in [0.25, 0.3) is 0 Å². The van der Waals surface area contributed by atoms with Crippen LogP contribution in [-0.4, -0.2) is 35.3 Å². The number of imide groups is 1. The van der Waals surface area contributed by atoms with E-state index in [1.54, 1.807) is 19.9 Å². The largest absolute Gasteiger partial charge is 0.447 e. The predicted molar refractivity (Wildman–Crippen MR) is 84.2 cm³/mol. The minimum absolute atomic E-state index is 0.0330. The van der Waals surface area contributed by atoms with E-state index in [0.717, 1.165) is 6.42 Å². The van der Waals surface area contributed by atoms with Crippen molar-refractivity contribution in [1.82, 2.24) is 4.90 Å². The lowest BCUT2D eigenvalue weighted by Crippen LogP contribution is -2.42. The summed E-state index contributed by atoms with van der Waals surface area (Å²) < 4.78 is 4.99. The monoisotopic (exact) mass is 309 g/mol. The highest BCUT2D eigenvalue weighted by Gasteiger charge is 2.40. The molecule has 0 aromatic carbocycles. The van der Waals surface area contributed by atoms with Gasteiger partial charge in [-0.1, -0.05) is 40.7 Å². The third-order valence-corrected chi connectivity index (χ3v) is 4.28. The van der Waals surface area contributed by atoms with E-state index >= 15 is 0 Å². The number of rotatable bonds is 6. The summed E-state index contributed by atoms with van der Waals surface area (Å²) in [4.78, 5) is 37.6. The molecule has 1 aliphatic heterocycles. The summed E-state index contributed by atoms with van der Waals surface area (Å²) in [6, 6.07) is -0.246. The van der Waals surface area contributed by atoms with Crippen molar-refractivity contribution < 1.29 is 19.1 Å². The Labute approximate surface area is 132 Å². The number of hydrogen-bond donors (Lipinski definition) is 0. The van der Waals surface area contributed by atoms with E-state index in [2.05, 4.69) is 0 Å². The Kier molecular flexibility index (Phi) is 6.33. The van der Waals surface area contributed by atoms with Crippen LogP contribution in [-0.2, 0) is 14.3 Å². The van der Waals surface area contributed by atoms with E-state index in [1.807, 2.05) is 27.7 Å². The third-order valence-electron chi connectivity index (χ3n) is 4.28. The second kappa shape index (κ2) is 7.56. The fourth-order valence-electron chi connectivity index (χ4n) is 2.53. The summed E-state index contributed by atoms with van der Waals surface area (Å²) >= 11 is 0. The van der Waals surface area contributed by atoms with Gasteiger partial charge in [-0.3, -0.25) is 9.59 Å². The maximum absolute atomic E-state index is 12.5. The van der Waals surface area contributed by atoms with Gasteiger partial charge in [0.25, 0.3) is 5.91 Å². The van der Waals surface area contributed by atoms with Gasteiger partial charge in [-0.05, 0) is 19.3 Å². The fraction of sp³-hybridized carbons (Fsp3) is 0.706. The maximum Gasteiger partial charge on any atom is 0.417 e. The third kappa shape index (κ3) is 3.96. The molecule has 0 aromatic heterocycles. The van der Waals surface area contributed by atoms with Crippen LogP contribution in [0.5, 0.6) is 0 Å². The highest BCUT2D eigenvalue weighted by molar-refractivity contribution is 6.03. The van der Waals surface area contributed by atoms with E-state index in [0.29, 0.717) is 5.57 Å². The normalized spacial score (nSPS) is 21.8. The molecule has 0 N–H and O–H groups in total. The van der Waals surface area contributed by atoms with Crippen molar-refractivity contribution in [1.29, 1.82) is 0 Å². The number of amides is 2. The molecule has 1 rings (SSSR count). The molecule has 0 aliphatic carbocycles. The summed E-state index contributed by atoms with van der Waals surface area (Å²) in [6.07, 6.45) is 1.83. The van der Waals surface area contributed by atoms with Crippen molar-refractivity contribution in [2.24, 2.45) is 17.8 Å². The van der Waals surface area contributed by atoms with E-state index in [1.165, 1.54) is 4.90 Å². The standard InChI is InChI=1S/C17H27NO4/c1-7-11(4)15(19)12(5)8-13(6)16(20)18-14(10(2)3)9-22-17(18)21/h8,10-12,14H,7,9H2,1-6H3/b13-8+/t11-,12-,14+/m0/s1. The average molecular weight is 309 g/mol. The smallest absolute Gasteiger partial charge is 0.417 e. The van der Waals surface area contributed by atoms with Crippen LogP contribution in [0.15, 0.2) is 11.6 Å². The zero-order chi connectivity index (χ0) is 17.0. The van der Waals surface area contributed by atoms with Crippen LogP contribution in [0.2, 0.25) is 0 Å². The second-order valence-electron chi connectivity index (χ2n) is 6.41. The minimum Gasteiger partial charge on any atom is -0.447 e. The number of ketones is 1. The van der Waals surface area contributed by atoms with Gasteiger partial charge in [0.1, 0.15) is 12.4 Å². The van der Waals surface area contributed by atoms with Crippen molar-refractivity contribution in [3.63, 3.8) is 0 Å². The molecular weight excluding hydrogens is 282 g/mol. The van der Waals surface area contributed by atoms with Crippen molar-refractivity contribution in [2.45, 2.75) is 54.0 Å². The Morgan fingerprint density at radius 2 is 1.91 bits per heavy atom. The fourth-order valence-corrected chi connectivity index (χ4v) is 2.53. The van der Waals surface area contributed by atoms with Gasteiger partial charge in [0.05, 0.1) is 6.04 Å². The lowest BCUT2D eigenvalue weighted by molar-refractivity contribution is -0.125. The Hall–Kier alpha value is -1.65. The molecule has 0 radical (unpaired) electrons. The lowest BCUT2D eigenvalue weighted by Gasteiger charge is -2.23. The molecule has 0 saturated carbocycles. The van der Waals surface area contributed by atoms with Crippen LogP contribution < -0.4 is 0 Å². The van der Waals surface area contributed by atoms with E-state index in [9.17, 15) is 14.4 Å². The quantitative estimate of drug-likeness (QED) is 0.707. The Morgan fingerprint density at radius 1 is 1.32 bits per heavy atom. The summed E-state index contributed by atoms with van der Waals surface area (Å²) in [5.74, 6) is -0.504. The molecule has 1 saturated heterocycles. The van der Waals surface area contributed by atoms with Crippen molar-refractivity contribution in [3.05, 3.63) is 11.6 Å². The highest BCUT2D eigenvalue weighted by atomic mass is 16.6. The lowest BCUT2D eigenvalue weighted by atomic mass is 9.92. The van der Waals surface area contributed by atoms with Gasteiger partial charge >= 0.3 is 6.09 Å². The summed E-state index contributed by atoms with van der Waals surface area (Å²) in [5.41, 5.74) is 0.411. The first-order valence-electron chi connectivity index (χ1n) is 7.93. The first-order chi connectivity index (χ1) is 10.2. The molecule has 0 unspecified atom stereocenters. The van der Waals surface area contributed by atoms with Crippen LogP contribution in [0, 0.1) is 17.8 Å². The Bertz CT molecular complexity index is 481. The SMILES string of the molecule is CC[C@H](C)C(=O)[C@@H](C)/C=C(\C)C(=O)N1C(=O)OC[C@@H]1C(C)C. The summed E-state index contributed by atoms with van der Waals surface area (Å²) in [7, 11) is 0. The van der Waals surface area contributed by atoms with Gasteiger partial charge in [-0.25, -0.2) is 9.69 Å². The molecule has 22 heavy (non-hydrogen) atoms. The van der Waals surface area contributed by atoms with E-state index in [4.69, 9.17) is 4.74 Å². The zero-order valence-electron chi connectivity index (χ0n) is 14.4. The number of ether oxygens (including phenoxy) is 1. The van der Waals surface area contributed by atoms with Crippen molar-refractivity contribution >= 4 is 17.8 Å². The summed E-state index contributed by atoms with van der Waals surface area (Å²) in [5, 5.41) is 0. The van der Waals surface area contributed by atoms with Gasteiger partial charge < -0.3 is 4.74 Å². The molecule has 124 valence electrons. The predicted octanol–water partition coefficient (Wildman–Crippen LogP) is 3.19.